The lowest BCUT2D eigenvalue weighted by Crippen LogP contribution is -2.43. The number of anilines is 1. The summed E-state index contributed by atoms with van der Waals surface area (Å²) in [6, 6.07) is 9.15. The van der Waals surface area contributed by atoms with Crippen molar-refractivity contribution in [3.05, 3.63) is 57.7 Å². The maximum Gasteiger partial charge on any atom is 0.255 e. The molecule has 154 valence electrons. The number of hydrogen-bond acceptors (Lipinski definition) is 4. The van der Waals surface area contributed by atoms with Crippen LogP contribution in [0, 0.1) is 0 Å². The van der Waals surface area contributed by atoms with Gasteiger partial charge in [0.1, 0.15) is 5.82 Å². The number of hydrogen-bond donors (Lipinski definition) is 1. The average molecular weight is 434 g/mol. The third-order valence-corrected chi connectivity index (χ3v) is 6.59. The van der Waals surface area contributed by atoms with E-state index in [9.17, 15) is 9.90 Å². The molecule has 2 aromatic rings. The maximum atomic E-state index is 12.7. The number of aromatic nitrogens is 1. The first-order chi connectivity index (χ1) is 14.0. The first kappa shape index (κ1) is 20.5. The van der Waals surface area contributed by atoms with Gasteiger partial charge >= 0.3 is 0 Å². The Labute approximate surface area is 181 Å². The van der Waals surface area contributed by atoms with Crippen LogP contribution < -0.4 is 4.90 Å². The van der Waals surface area contributed by atoms with E-state index in [0.717, 1.165) is 31.5 Å². The maximum absolute atomic E-state index is 12.7. The number of pyridine rings is 1. The number of nitrogens with zero attached hydrogens (tertiary/aromatic N) is 3. The predicted molar refractivity (Wildman–Crippen MR) is 116 cm³/mol. The fraction of sp³-hybridized carbons (Fsp3) is 0.455. The van der Waals surface area contributed by atoms with E-state index in [-0.39, 0.29) is 5.91 Å². The van der Waals surface area contributed by atoms with Gasteiger partial charge in [0.05, 0.1) is 16.2 Å². The van der Waals surface area contributed by atoms with Crippen LogP contribution in [0.5, 0.6) is 0 Å². The van der Waals surface area contributed by atoms with Gasteiger partial charge in [0.25, 0.3) is 5.91 Å². The van der Waals surface area contributed by atoms with E-state index in [2.05, 4.69) is 9.88 Å². The lowest BCUT2D eigenvalue weighted by atomic mass is 9.84. The van der Waals surface area contributed by atoms with Gasteiger partial charge in [-0.3, -0.25) is 4.79 Å². The highest BCUT2D eigenvalue weighted by Crippen LogP contribution is 2.38. The second-order valence-electron chi connectivity index (χ2n) is 7.88. The summed E-state index contributed by atoms with van der Waals surface area (Å²) < 4.78 is 0. The Morgan fingerprint density at radius 1 is 1.00 bits per heavy atom. The molecule has 2 saturated heterocycles. The molecule has 0 saturated carbocycles. The first-order valence-corrected chi connectivity index (χ1v) is 10.9. The molecule has 4 rings (SSSR count). The lowest BCUT2D eigenvalue weighted by Gasteiger charge is -2.39. The molecule has 29 heavy (non-hydrogen) atoms. The smallest absolute Gasteiger partial charge is 0.255 e. The highest BCUT2D eigenvalue weighted by molar-refractivity contribution is 6.33. The van der Waals surface area contributed by atoms with Crippen LogP contribution >= 0.6 is 23.2 Å². The van der Waals surface area contributed by atoms with Crippen LogP contribution in [0.3, 0.4) is 0 Å². The van der Waals surface area contributed by atoms with Crippen LogP contribution in [-0.2, 0) is 5.60 Å². The number of piperidine rings is 2. The molecule has 0 atom stereocenters. The minimum Gasteiger partial charge on any atom is -0.385 e. The van der Waals surface area contributed by atoms with Crippen LogP contribution in [0.4, 0.5) is 5.82 Å². The Balaban J connectivity index is 1.46. The first-order valence-electron chi connectivity index (χ1n) is 10.2. The van der Waals surface area contributed by atoms with E-state index in [1.165, 1.54) is 6.42 Å². The Bertz CT molecular complexity index is 891. The molecular weight excluding hydrogens is 409 g/mol. The van der Waals surface area contributed by atoms with Crippen molar-refractivity contribution in [3.63, 3.8) is 0 Å². The molecule has 0 bridgehead atoms. The third-order valence-electron chi connectivity index (χ3n) is 5.98. The SMILES string of the molecule is O=C(c1cnc(N2CCC(O)(c3ccccc3Cl)CC2)c(Cl)c1)N1CCCCC1. The standard InChI is InChI=1S/C22H25Cl2N3O2/c23-18-7-3-2-6-17(18)22(29)8-12-26(13-9-22)20-19(24)14-16(15-25-20)21(28)27-10-4-1-5-11-27/h2-3,6-7,14-15,29H,1,4-5,8-13H2. The molecule has 1 amide bonds. The van der Waals surface area contributed by atoms with Gasteiger partial charge < -0.3 is 14.9 Å². The van der Waals surface area contributed by atoms with E-state index < -0.39 is 5.60 Å². The summed E-state index contributed by atoms with van der Waals surface area (Å²) in [4.78, 5) is 21.1. The molecule has 3 heterocycles. The Morgan fingerprint density at radius 2 is 1.69 bits per heavy atom. The van der Waals surface area contributed by atoms with Crippen molar-refractivity contribution >= 4 is 34.9 Å². The van der Waals surface area contributed by atoms with Gasteiger partial charge in [-0.25, -0.2) is 4.98 Å². The molecule has 0 aliphatic carbocycles. The van der Waals surface area contributed by atoms with Crippen molar-refractivity contribution in [2.24, 2.45) is 0 Å². The van der Waals surface area contributed by atoms with E-state index in [0.29, 0.717) is 47.4 Å². The van der Waals surface area contributed by atoms with Gasteiger partial charge in [-0.05, 0) is 44.2 Å². The highest BCUT2D eigenvalue weighted by Gasteiger charge is 2.36. The molecule has 2 aliphatic rings. The van der Waals surface area contributed by atoms with Crippen LogP contribution in [0.25, 0.3) is 0 Å². The molecule has 1 N–H and O–H groups in total. The number of benzene rings is 1. The van der Waals surface area contributed by atoms with Gasteiger partial charge in [0.2, 0.25) is 0 Å². The van der Waals surface area contributed by atoms with Crippen LogP contribution in [0.1, 0.15) is 48.0 Å². The predicted octanol–water partition coefficient (Wildman–Crippen LogP) is 4.50. The van der Waals surface area contributed by atoms with Crippen LogP contribution in [-0.4, -0.2) is 47.1 Å². The zero-order chi connectivity index (χ0) is 20.4. The Kier molecular flexibility index (Phi) is 6.00. The summed E-state index contributed by atoms with van der Waals surface area (Å²) >= 11 is 12.8. The van der Waals surface area contributed by atoms with Gasteiger partial charge in [-0.1, -0.05) is 41.4 Å². The fourth-order valence-electron chi connectivity index (χ4n) is 4.26. The van der Waals surface area contributed by atoms with Crippen molar-refractivity contribution in [2.75, 3.05) is 31.1 Å². The van der Waals surface area contributed by atoms with E-state index in [4.69, 9.17) is 23.2 Å². The second kappa shape index (κ2) is 8.50. The Morgan fingerprint density at radius 3 is 2.34 bits per heavy atom. The second-order valence-corrected chi connectivity index (χ2v) is 8.70. The quantitative estimate of drug-likeness (QED) is 0.773. The summed E-state index contributed by atoms with van der Waals surface area (Å²) in [5.74, 6) is 0.653. The molecule has 2 aliphatic heterocycles. The zero-order valence-corrected chi connectivity index (χ0v) is 17.8. The summed E-state index contributed by atoms with van der Waals surface area (Å²) in [5.41, 5.74) is 0.346. The fourth-order valence-corrected chi connectivity index (χ4v) is 4.85. The molecule has 5 nitrogen and oxygen atoms in total. The van der Waals surface area contributed by atoms with Crippen LogP contribution in [0.15, 0.2) is 36.5 Å². The van der Waals surface area contributed by atoms with Gasteiger partial charge in [-0.15, -0.1) is 0 Å². The zero-order valence-electron chi connectivity index (χ0n) is 16.3. The summed E-state index contributed by atoms with van der Waals surface area (Å²) in [7, 11) is 0. The number of aliphatic hydroxyl groups is 1. The number of halogens is 2. The van der Waals surface area contributed by atoms with Crippen molar-refractivity contribution in [2.45, 2.75) is 37.7 Å². The molecule has 0 radical (unpaired) electrons. The van der Waals surface area contributed by atoms with Gasteiger partial charge in [0.15, 0.2) is 0 Å². The monoisotopic (exact) mass is 433 g/mol. The van der Waals surface area contributed by atoms with Crippen LogP contribution in [0.2, 0.25) is 10.0 Å². The van der Waals surface area contributed by atoms with Crippen molar-refractivity contribution in [1.29, 1.82) is 0 Å². The molecule has 1 aromatic heterocycles. The van der Waals surface area contributed by atoms with E-state index in [1.807, 2.05) is 23.1 Å². The normalized spacial score (nSPS) is 19.3. The van der Waals surface area contributed by atoms with Gasteiger partial charge in [0, 0.05) is 43.0 Å². The largest absolute Gasteiger partial charge is 0.385 e. The third kappa shape index (κ3) is 4.23. The highest BCUT2D eigenvalue weighted by atomic mass is 35.5. The number of carbonyl (C=O) groups is 1. The van der Waals surface area contributed by atoms with Crippen molar-refractivity contribution in [3.8, 4) is 0 Å². The number of amides is 1. The summed E-state index contributed by atoms with van der Waals surface area (Å²) in [6.45, 7) is 2.80. The number of rotatable bonds is 3. The molecule has 1 aromatic carbocycles. The van der Waals surface area contributed by atoms with E-state index in [1.54, 1.807) is 18.3 Å². The van der Waals surface area contributed by atoms with Crippen molar-refractivity contribution in [1.82, 2.24) is 9.88 Å². The number of carbonyl (C=O) groups excluding carboxylic acids is 1. The molecule has 0 unspecified atom stereocenters. The minimum atomic E-state index is -0.953. The van der Waals surface area contributed by atoms with Crippen molar-refractivity contribution < 1.29 is 9.90 Å². The molecule has 0 spiro atoms. The lowest BCUT2D eigenvalue weighted by molar-refractivity contribution is 0.0117. The summed E-state index contributed by atoms with van der Waals surface area (Å²) in [5, 5.41) is 12.2. The minimum absolute atomic E-state index is 0.00242. The van der Waals surface area contributed by atoms with Gasteiger partial charge in [-0.2, -0.15) is 0 Å². The average Bonchev–Trinajstić information content (AvgIpc) is 2.75. The molecule has 7 heteroatoms. The number of likely N-dealkylation sites (tertiary alicyclic amines) is 1. The molecule has 2 fully saturated rings. The molecular formula is C22H25Cl2N3O2. The van der Waals surface area contributed by atoms with E-state index >= 15 is 0 Å². The summed E-state index contributed by atoms with van der Waals surface area (Å²) in [6.07, 6.45) is 5.96. The topological polar surface area (TPSA) is 56.7 Å². The Hall–Kier alpha value is -1.82.